The molecular formula is C20H28ClN7O2. The summed E-state index contributed by atoms with van der Waals surface area (Å²) in [6.07, 6.45) is 5.06. The third kappa shape index (κ3) is 5.08. The van der Waals surface area contributed by atoms with Crippen molar-refractivity contribution in [2.24, 2.45) is 5.92 Å². The van der Waals surface area contributed by atoms with Gasteiger partial charge in [0.05, 0.1) is 11.8 Å². The SMILES string of the molecule is Cc1nc(Cl)nc(N)c1CCC1CCN(C(=O)C(C)NC(=O)c2cn[nH]c2C)CC1. The van der Waals surface area contributed by atoms with E-state index in [1.54, 1.807) is 13.8 Å². The number of aromatic nitrogens is 4. The van der Waals surface area contributed by atoms with Gasteiger partial charge in [-0.15, -0.1) is 0 Å². The standard InChI is InChI=1S/C20H28ClN7O2/c1-11-15(17(22)26-20(21)25-11)5-4-14-6-8-28(9-7-14)19(30)13(3)24-18(29)16-10-23-27-12(16)2/h10,13-14H,4-9H2,1-3H3,(H,23,27)(H,24,29)(H2,22,25,26). The first-order valence-electron chi connectivity index (χ1n) is 10.1. The Morgan fingerprint density at radius 1 is 1.33 bits per heavy atom. The van der Waals surface area contributed by atoms with Crippen LogP contribution in [0, 0.1) is 19.8 Å². The van der Waals surface area contributed by atoms with Crippen LogP contribution in [0.25, 0.3) is 0 Å². The molecule has 1 saturated heterocycles. The highest BCUT2D eigenvalue weighted by atomic mass is 35.5. The predicted molar refractivity (Wildman–Crippen MR) is 114 cm³/mol. The maximum absolute atomic E-state index is 12.7. The smallest absolute Gasteiger partial charge is 0.255 e. The second kappa shape index (κ2) is 9.42. The van der Waals surface area contributed by atoms with Crippen LogP contribution in [0.1, 0.15) is 53.5 Å². The Bertz CT molecular complexity index is 899. The highest BCUT2D eigenvalue weighted by molar-refractivity contribution is 6.28. The lowest BCUT2D eigenvalue weighted by molar-refractivity contribution is -0.134. The molecule has 2 aromatic rings. The van der Waals surface area contributed by atoms with E-state index in [0.717, 1.165) is 36.9 Å². The second-order valence-electron chi connectivity index (χ2n) is 7.85. The van der Waals surface area contributed by atoms with E-state index in [2.05, 4.69) is 25.5 Å². The van der Waals surface area contributed by atoms with Gasteiger partial charge in [-0.3, -0.25) is 14.7 Å². The van der Waals surface area contributed by atoms with E-state index in [0.29, 0.717) is 36.1 Å². The highest BCUT2D eigenvalue weighted by Gasteiger charge is 2.27. The summed E-state index contributed by atoms with van der Waals surface area (Å²) >= 11 is 5.84. The molecule has 3 rings (SSSR count). The Balaban J connectivity index is 1.47. The Morgan fingerprint density at radius 3 is 2.63 bits per heavy atom. The van der Waals surface area contributed by atoms with Crippen molar-refractivity contribution >= 4 is 29.2 Å². The minimum absolute atomic E-state index is 0.0610. The molecule has 1 aliphatic heterocycles. The van der Waals surface area contributed by atoms with Crippen LogP contribution in [0.2, 0.25) is 5.28 Å². The monoisotopic (exact) mass is 433 g/mol. The number of halogens is 1. The zero-order valence-electron chi connectivity index (χ0n) is 17.5. The van der Waals surface area contributed by atoms with Gasteiger partial charge in [0.1, 0.15) is 11.9 Å². The van der Waals surface area contributed by atoms with E-state index in [1.165, 1.54) is 6.20 Å². The third-order valence-corrected chi connectivity index (χ3v) is 5.91. The quantitative estimate of drug-likeness (QED) is 0.597. The minimum Gasteiger partial charge on any atom is -0.383 e. The summed E-state index contributed by atoms with van der Waals surface area (Å²) in [6, 6.07) is -0.586. The molecule has 0 aromatic carbocycles. The molecule has 0 saturated carbocycles. The van der Waals surface area contributed by atoms with E-state index in [-0.39, 0.29) is 17.1 Å². The minimum atomic E-state index is -0.586. The summed E-state index contributed by atoms with van der Waals surface area (Å²) in [5.74, 6) is 0.587. The Kier molecular flexibility index (Phi) is 6.91. The largest absolute Gasteiger partial charge is 0.383 e. The number of nitrogens with two attached hydrogens (primary N) is 1. The second-order valence-corrected chi connectivity index (χ2v) is 8.19. The number of hydrogen-bond acceptors (Lipinski definition) is 6. The van der Waals surface area contributed by atoms with Crippen LogP contribution in [-0.4, -0.2) is 56.0 Å². The normalized spacial score (nSPS) is 15.8. The number of H-pyrrole nitrogens is 1. The zero-order valence-corrected chi connectivity index (χ0v) is 18.3. The lowest BCUT2D eigenvalue weighted by Gasteiger charge is -2.33. The van der Waals surface area contributed by atoms with Crippen LogP contribution >= 0.6 is 11.6 Å². The zero-order chi connectivity index (χ0) is 21.8. The van der Waals surface area contributed by atoms with Crippen LogP contribution in [0.15, 0.2) is 6.20 Å². The summed E-state index contributed by atoms with van der Waals surface area (Å²) in [6.45, 7) is 6.74. The summed E-state index contributed by atoms with van der Waals surface area (Å²) < 4.78 is 0. The highest BCUT2D eigenvalue weighted by Crippen LogP contribution is 2.25. The molecule has 162 valence electrons. The van der Waals surface area contributed by atoms with Gasteiger partial charge in [-0.05, 0) is 64.0 Å². The molecule has 9 nitrogen and oxygen atoms in total. The van der Waals surface area contributed by atoms with Gasteiger partial charge in [0.25, 0.3) is 5.91 Å². The van der Waals surface area contributed by atoms with Crippen molar-refractivity contribution in [3.8, 4) is 0 Å². The number of amides is 2. The fourth-order valence-corrected chi connectivity index (χ4v) is 4.09. The van der Waals surface area contributed by atoms with E-state index in [1.807, 2.05) is 11.8 Å². The number of piperidine rings is 1. The molecule has 10 heteroatoms. The lowest BCUT2D eigenvalue weighted by atomic mass is 9.90. The van der Waals surface area contributed by atoms with Crippen molar-refractivity contribution in [1.29, 1.82) is 0 Å². The van der Waals surface area contributed by atoms with E-state index < -0.39 is 6.04 Å². The molecule has 1 unspecified atom stereocenters. The number of aryl methyl sites for hydroxylation is 2. The Morgan fingerprint density at radius 2 is 2.03 bits per heavy atom. The van der Waals surface area contributed by atoms with Gasteiger partial charge < -0.3 is 16.0 Å². The van der Waals surface area contributed by atoms with Crippen molar-refractivity contribution < 1.29 is 9.59 Å². The molecule has 0 radical (unpaired) electrons. The molecule has 4 N–H and O–H groups in total. The van der Waals surface area contributed by atoms with Gasteiger partial charge in [0.15, 0.2) is 0 Å². The lowest BCUT2D eigenvalue weighted by Crippen LogP contribution is -2.49. The van der Waals surface area contributed by atoms with Crippen molar-refractivity contribution in [2.45, 2.75) is 52.5 Å². The number of nitrogens with one attached hydrogen (secondary N) is 2. The number of aromatic amines is 1. The van der Waals surface area contributed by atoms with Crippen LogP contribution in [0.5, 0.6) is 0 Å². The maximum Gasteiger partial charge on any atom is 0.255 e. The van der Waals surface area contributed by atoms with Gasteiger partial charge >= 0.3 is 0 Å². The number of carbonyl (C=O) groups is 2. The van der Waals surface area contributed by atoms with Gasteiger partial charge in [-0.2, -0.15) is 5.10 Å². The fraction of sp³-hybridized carbons (Fsp3) is 0.550. The molecule has 30 heavy (non-hydrogen) atoms. The van der Waals surface area contributed by atoms with Gasteiger partial charge in [0.2, 0.25) is 11.2 Å². The molecule has 1 atom stereocenters. The third-order valence-electron chi connectivity index (χ3n) is 5.74. The van der Waals surface area contributed by atoms with Crippen LogP contribution < -0.4 is 11.1 Å². The molecular weight excluding hydrogens is 406 g/mol. The van der Waals surface area contributed by atoms with E-state index >= 15 is 0 Å². The van der Waals surface area contributed by atoms with E-state index in [4.69, 9.17) is 17.3 Å². The topological polar surface area (TPSA) is 130 Å². The molecule has 2 amide bonds. The number of nitrogens with zero attached hydrogens (tertiary/aromatic N) is 4. The summed E-state index contributed by atoms with van der Waals surface area (Å²) in [4.78, 5) is 35.1. The first-order chi connectivity index (χ1) is 14.3. The molecule has 1 aliphatic rings. The van der Waals surface area contributed by atoms with Crippen molar-refractivity contribution in [2.75, 3.05) is 18.8 Å². The van der Waals surface area contributed by atoms with Crippen LogP contribution in [0.4, 0.5) is 5.82 Å². The molecule has 0 aliphatic carbocycles. The number of anilines is 1. The van der Waals surface area contributed by atoms with Crippen molar-refractivity contribution in [3.63, 3.8) is 0 Å². The molecule has 0 bridgehead atoms. The number of likely N-dealkylation sites (tertiary alicyclic amines) is 1. The fourth-order valence-electron chi connectivity index (χ4n) is 3.87. The number of carbonyl (C=O) groups excluding carboxylic acids is 2. The van der Waals surface area contributed by atoms with Gasteiger partial charge in [-0.1, -0.05) is 0 Å². The van der Waals surface area contributed by atoms with Crippen molar-refractivity contribution in [1.82, 2.24) is 30.4 Å². The molecule has 3 heterocycles. The first-order valence-corrected chi connectivity index (χ1v) is 10.5. The van der Waals surface area contributed by atoms with Gasteiger partial charge in [0, 0.05) is 30.0 Å². The molecule has 1 fully saturated rings. The van der Waals surface area contributed by atoms with Crippen LogP contribution in [0.3, 0.4) is 0 Å². The average molecular weight is 434 g/mol. The van der Waals surface area contributed by atoms with Crippen molar-refractivity contribution in [3.05, 3.63) is 34.0 Å². The Hall–Kier alpha value is -2.68. The van der Waals surface area contributed by atoms with Crippen LogP contribution in [-0.2, 0) is 11.2 Å². The van der Waals surface area contributed by atoms with E-state index in [9.17, 15) is 9.59 Å². The summed E-state index contributed by atoms with van der Waals surface area (Å²) in [7, 11) is 0. The number of hydrogen-bond donors (Lipinski definition) is 3. The Labute approximate surface area is 180 Å². The van der Waals surface area contributed by atoms with Gasteiger partial charge in [-0.25, -0.2) is 9.97 Å². The average Bonchev–Trinajstić information content (AvgIpc) is 3.13. The molecule has 2 aromatic heterocycles. The summed E-state index contributed by atoms with van der Waals surface area (Å²) in [5.41, 5.74) is 8.88. The number of nitrogen functional groups attached to an aromatic ring is 1. The molecule has 0 spiro atoms. The predicted octanol–water partition coefficient (Wildman–Crippen LogP) is 2.04. The maximum atomic E-state index is 12.7. The first kappa shape index (κ1) is 22.0. The summed E-state index contributed by atoms with van der Waals surface area (Å²) in [5, 5.41) is 9.51. The number of rotatable bonds is 6.